The van der Waals surface area contributed by atoms with Crippen LogP contribution >= 0.6 is 11.8 Å². The molecule has 0 aromatic rings. The molecule has 0 aliphatic carbocycles. The molecule has 0 unspecified atom stereocenters. The second-order valence-corrected chi connectivity index (χ2v) is 3.21. The van der Waals surface area contributed by atoms with Crippen LogP contribution in [0.15, 0.2) is 12.2 Å². The van der Waals surface area contributed by atoms with Gasteiger partial charge in [0.05, 0.1) is 0 Å². The maximum atomic E-state index is 10.2. The van der Waals surface area contributed by atoms with Gasteiger partial charge in [0.2, 0.25) is 0 Å². The summed E-state index contributed by atoms with van der Waals surface area (Å²) in [6.07, 6.45) is 0.928. The standard InChI is InChI=1S/C7H13NO2S/c1-6(7(9)10)5-11-4-2-3-8/h1-5,8H2,(H,9,10). The zero-order chi connectivity index (χ0) is 8.69. The van der Waals surface area contributed by atoms with Gasteiger partial charge in [0.1, 0.15) is 0 Å². The Bertz CT molecular complexity index is 147. The van der Waals surface area contributed by atoms with Gasteiger partial charge in [-0.1, -0.05) is 6.58 Å². The van der Waals surface area contributed by atoms with E-state index < -0.39 is 5.97 Å². The van der Waals surface area contributed by atoms with Gasteiger partial charge in [-0.2, -0.15) is 11.8 Å². The fraction of sp³-hybridized carbons (Fsp3) is 0.571. The Kier molecular flexibility index (Phi) is 5.97. The molecule has 0 saturated carbocycles. The van der Waals surface area contributed by atoms with Gasteiger partial charge in [0, 0.05) is 11.3 Å². The summed E-state index contributed by atoms with van der Waals surface area (Å²) in [7, 11) is 0. The zero-order valence-corrected chi connectivity index (χ0v) is 7.19. The topological polar surface area (TPSA) is 63.3 Å². The van der Waals surface area contributed by atoms with E-state index in [1.54, 1.807) is 11.8 Å². The summed E-state index contributed by atoms with van der Waals surface area (Å²) in [5.41, 5.74) is 5.51. The van der Waals surface area contributed by atoms with Crippen LogP contribution in [0.1, 0.15) is 6.42 Å². The van der Waals surface area contributed by atoms with Gasteiger partial charge in [-0.25, -0.2) is 4.79 Å². The average molecular weight is 175 g/mol. The summed E-state index contributed by atoms with van der Waals surface area (Å²) in [4.78, 5) is 10.2. The van der Waals surface area contributed by atoms with Gasteiger partial charge in [-0.15, -0.1) is 0 Å². The molecule has 0 spiro atoms. The van der Waals surface area contributed by atoms with E-state index in [4.69, 9.17) is 10.8 Å². The molecule has 0 heterocycles. The first kappa shape index (κ1) is 10.5. The second-order valence-electron chi connectivity index (χ2n) is 2.10. The predicted octanol–water partition coefficient (Wildman–Crippen LogP) is 0.709. The van der Waals surface area contributed by atoms with Crippen molar-refractivity contribution in [1.29, 1.82) is 0 Å². The van der Waals surface area contributed by atoms with Crippen molar-refractivity contribution in [2.45, 2.75) is 6.42 Å². The maximum Gasteiger partial charge on any atom is 0.331 e. The number of thioether (sulfide) groups is 1. The highest BCUT2D eigenvalue weighted by atomic mass is 32.2. The highest BCUT2D eigenvalue weighted by Crippen LogP contribution is 2.06. The van der Waals surface area contributed by atoms with E-state index in [0.29, 0.717) is 12.3 Å². The second kappa shape index (κ2) is 6.24. The Morgan fingerprint density at radius 1 is 1.64 bits per heavy atom. The van der Waals surface area contributed by atoms with E-state index in [-0.39, 0.29) is 5.57 Å². The summed E-state index contributed by atoms with van der Waals surface area (Å²) in [5, 5.41) is 8.40. The monoisotopic (exact) mass is 175 g/mol. The van der Waals surface area contributed by atoms with Crippen molar-refractivity contribution in [3.8, 4) is 0 Å². The molecule has 0 amide bonds. The molecule has 0 aliphatic rings. The first-order chi connectivity index (χ1) is 5.18. The molecule has 0 saturated heterocycles. The molecule has 0 aliphatic heterocycles. The summed E-state index contributed by atoms with van der Waals surface area (Å²) in [6, 6.07) is 0. The molecule has 11 heavy (non-hydrogen) atoms. The number of carboxylic acids is 1. The highest BCUT2D eigenvalue weighted by molar-refractivity contribution is 7.99. The fourth-order valence-corrected chi connectivity index (χ4v) is 1.33. The molecule has 0 radical (unpaired) electrons. The van der Waals surface area contributed by atoms with Crippen molar-refractivity contribution in [2.75, 3.05) is 18.1 Å². The number of carbonyl (C=O) groups is 1. The molecule has 0 fully saturated rings. The summed E-state index contributed by atoms with van der Waals surface area (Å²) in [5.74, 6) is 0.489. The highest BCUT2D eigenvalue weighted by Gasteiger charge is 2.02. The summed E-state index contributed by atoms with van der Waals surface area (Å²) in [6.45, 7) is 4.06. The molecule has 0 atom stereocenters. The molecule has 0 aromatic heterocycles. The van der Waals surface area contributed by atoms with E-state index in [2.05, 4.69) is 6.58 Å². The van der Waals surface area contributed by atoms with Crippen LogP contribution < -0.4 is 5.73 Å². The smallest absolute Gasteiger partial charge is 0.331 e. The van der Waals surface area contributed by atoms with E-state index >= 15 is 0 Å². The Morgan fingerprint density at radius 3 is 2.73 bits per heavy atom. The minimum atomic E-state index is -0.912. The van der Waals surface area contributed by atoms with Gasteiger partial charge < -0.3 is 10.8 Å². The fourth-order valence-electron chi connectivity index (χ4n) is 0.443. The van der Waals surface area contributed by atoms with E-state index in [1.165, 1.54) is 0 Å². The first-order valence-electron chi connectivity index (χ1n) is 3.37. The lowest BCUT2D eigenvalue weighted by atomic mass is 10.4. The van der Waals surface area contributed by atoms with Crippen molar-refractivity contribution >= 4 is 17.7 Å². The number of carboxylic acid groups (broad SMARTS) is 1. The molecule has 3 N–H and O–H groups in total. The molecular weight excluding hydrogens is 162 g/mol. The Hall–Kier alpha value is -0.480. The molecule has 4 heteroatoms. The van der Waals surface area contributed by atoms with E-state index in [9.17, 15) is 4.79 Å². The quantitative estimate of drug-likeness (QED) is 0.461. The molecular formula is C7H13NO2S. The van der Waals surface area contributed by atoms with Crippen LogP contribution in [0.5, 0.6) is 0 Å². The largest absolute Gasteiger partial charge is 0.478 e. The average Bonchev–Trinajstić information content (AvgIpc) is 1.97. The summed E-state index contributed by atoms with van der Waals surface area (Å²) >= 11 is 1.55. The minimum absolute atomic E-state index is 0.257. The molecule has 0 bridgehead atoms. The van der Waals surface area contributed by atoms with Gasteiger partial charge in [-0.3, -0.25) is 0 Å². The number of nitrogens with two attached hydrogens (primary N) is 1. The number of hydrogen-bond acceptors (Lipinski definition) is 3. The van der Waals surface area contributed by atoms with Crippen molar-refractivity contribution in [2.24, 2.45) is 5.73 Å². The van der Waals surface area contributed by atoms with Gasteiger partial charge in [0.15, 0.2) is 0 Å². The molecule has 0 rings (SSSR count). The van der Waals surface area contributed by atoms with Crippen molar-refractivity contribution in [3.05, 3.63) is 12.2 Å². The van der Waals surface area contributed by atoms with Crippen LogP contribution in [0.4, 0.5) is 0 Å². The Labute approximate surface area is 70.7 Å². The Balaban J connectivity index is 3.25. The third kappa shape index (κ3) is 5.94. The van der Waals surface area contributed by atoms with Crippen LogP contribution in [-0.4, -0.2) is 29.1 Å². The van der Waals surface area contributed by atoms with Crippen LogP contribution in [0, 0.1) is 0 Å². The normalized spacial score (nSPS) is 9.55. The predicted molar refractivity (Wildman–Crippen MR) is 47.8 cm³/mol. The lowest BCUT2D eigenvalue weighted by Gasteiger charge is -1.98. The summed E-state index contributed by atoms with van der Waals surface area (Å²) < 4.78 is 0. The molecule has 64 valence electrons. The first-order valence-corrected chi connectivity index (χ1v) is 4.53. The van der Waals surface area contributed by atoms with Crippen LogP contribution in [0.3, 0.4) is 0 Å². The zero-order valence-electron chi connectivity index (χ0n) is 6.38. The SMILES string of the molecule is C=C(CSCCCN)C(=O)O. The molecule has 0 aromatic carbocycles. The lowest BCUT2D eigenvalue weighted by molar-refractivity contribution is -0.132. The minimum Gasteiger partial charge on any atom is -0.478 e. The lowest BCUT2D eigenvalue weighted by Crippen LogP contribution is -2.03. The van der Waals surface area contributed by atoms with Crippen molar-refractivity contribution < 1.29 is 9.90 Å². The van der Waals surface area contributed by atoms with Crippen molar-refractivity contribution in [3.63, 3.8) is 0 Å². The number of hydrogen-bond donors (Lipinski definition) is 2. The number of aliphatic carboxylic acids is 1. The van der Waals surface area contributed by atoms with Crippen LogP contribution in [-0.2, 0) is 4.79 Å². The van der Waals surface area contributed by atoms with Crippen molar-refractivity contribution in [1.82, 2.24) is 0 Å². The number of rotatable bonds is 6. The molecule has 3 nitrogen and oxygen atoms in total. The Morgan fingerprint density at radius 2 is 2.27 bits per heavy atom. The van der Waals surface area contributed by atoms with Gasteiger partial charge in [0.25, 0.3) is 0 Å². The van der Waals surface area contributed by atoms with Gasteiger partial charge >= 0.3 is 5.97 Å². The van der Waals surface area contributed by atoms with Gasteiger partial charge in [-0.05, 0) is 18.7 Å². The van der Waals surface area contributed by atoms with E-state index in [1.807, 2.05) is 0 Å². The van der Waals surface area contributed by atoms with Crippen LogP contribution in [0.25, 0.3) is 0 Å². The maximum absolute atomic E-state index is 10.2. The van der Waals surface area contributed by atoms with E-state index in [0.717, 1.165) is 12.2 Å². The third-order valence-corrected chi connectivity index (χ3v) is 2.20. The van der Waals surface area contributed by atoms with Crippen LogP contribution in [0.2, 0.25) is 0 Å². The third-order valence-electron chi connectivity index (χ3n) is 1.07.